The van der Waals surface area contributed by atoms with Gasteiger partial charge in [-0.15, -0.1) is 0 Å². The first-order valence-electron chi connectivity index (χ1n) is 6.34. The summed E-state index contributed by atoms with van der Waals surface area (Å²) < 4.78 is 0. The number of carbonyl (C=O) groups is 2. The molecule has 0 saturated carbocycles. The summed E-state index contributed by atoms with van der Waals surface area (Å²) >= 11 is 0. The van der Waals surface area contributed by atoms with Gasteiger partial charge in [-0.1, -0.05) is 6.92 Å². The van der Waals surface area contributed by atoms with Gasteiger partial charge in [0.1, 0.15) is 0 Å². The molecule has 5 heteroatoms. The molecule has 17 heavy (non-hydrogen) atoms. The average molecular weight is 240 g/mol. The predicted octanol–water partition coefficient (Wildman–Crippen LogP) is 0.308. The maximum Gasteiger partial charge on any atom is 0.308 e. The summed E-state index contributed by atoms with van der Waals surface area (Å²) in [5, 5.41) is 12.2. The molecule has 2 aliphatic rings. The normalized spacial score (nSPS) is 33.7. The Hall–Kier alpha value is -1.10. The second-order valence-electron chi connectivity index (χ2n) is 5.16. The number of aliphatic carboxylic acids is 1. The van der Waals surface area contributed by atoms with Crippen LogP contribution in [0.15, 0.2) is 0 Å². The van der Waals surface area contributed by atoms with Gasteiger partial charge >= 0.3 is 5.97 Å². The zero-order valence-corrected chi connectivity index (χ0v) is 10.2. The van der Waals surface area contributed by atoms with Crippen LogP contribution in [0.1, 0.15) is 26.2 Å². The average Bonchev–Trinajstić information content (AvgIpc) is 2.74. The fourth-order valence-corrected chi connectivity index (χ4v) is 2.74. The van der Waals surface area contributed by atoms with Crippen LogP contribution in [0.2, 0.25) is 0 Å². The van der Waals surface area contributed by atoms with Crippen molar-refractivity contribution in [3.8, 4) is 0 Å². The standard InChI is InChI=1S/C12H20N2O3/c1-8-4-5-13-10(8)11(15)14-6-2-3-9(7-14)12(16)17/h8-10,13H,2-7H2,1H3,(H,16,17)/t8?,9-,10?/m0/s1. The number of amides is 1. The number of carboxylic acids is 1. The van der Waals surface area contributed by atoms with Gasteiger partial charge in [0, 0.05) is 13.1 Å². The van der Waals surface area contributed by atoms with Crippen LogP contribution >= 0.6 is 0 Å². The van der Waals surface area contributed by atoms with Crippen molar-refractivity contribution < 1.29 is 14.7 Å². The number of carboxylic acid groups (broad SMARTS) is 1. The minimum absolute atomic E-state index is 0.0842. The fraction of sp³-hybridized carbons (Fsp3) is 0.833. The molecular formula is C12H20N2O3. The van der Waals surface area contributed by atoms with E-state index in [0.717, 1.165) is 19.4 Å². The molecule has 2 fully saturated rings. The maximum atomic E-state index is 12.2. The number of carbonyl (C=O) groups excluding carboxylic acids is 1. The molecule has 96 valence electrons. The van der Waals surface area contributed by atoms with Crippen LogP contribution < -0.4 is 5.32 Å². The van der Waals surface area contributed by atoms with Crippen molar-refractivity contribution in [2.45, 2.75) is 32.2 Å². The van der Waals surface area contributed by atoms with Crippen LogP contribution in [0.3, 0.4) is 0 Å². The third kappa shape index (κ3) is 2.60. The lowest BCUT2D eigenvalue weighted by atomic mass is 9.96. The Balaban J connectivity index is 1.97. The highest BCUT2D eigenvalue weighted by Crippen LogP contribution is 2.21. The molecule has 3 atom stereocenters. The van der Waals surface area contributed by atoms with E-state index in [4.69, 9.17) is 5.11 Å². The highest BCUT2D eigenvalue weighted by molar-refractivity contribution is 5.83. The predicted molar refractivity (Wildman–Crippen MR) is 62.5 cm³/mol. The van der Waals surface area contributed by atoms with Gasteiger partial charge in [0.05, 0.1) is 12.0 Å². The summed E-state index contributed by atoms with van der Waals surface area (Å²) in [5.74, 6) is -0.729. The highest BCUT2D eigenvalue weighted by Gasteiger charge is 2.35. The first kappa shape index (κ1) is 12.4. The van der Waals surface area contributed by atoms with Gasteiger partial charge in [0.15, 0.2) is 0 Å². The van der Waals surface area contributed by atoms with Crippen LogP contribution in [0.25, 0.3) is 0 Å². The molecule has 2 rings (SSSR count). The van der Waals surface area contributed by atoms with Crippen molar-refractivity contribution >= 4 is 11.9 Å². The molecule has 0 aliphatic carbocycles. The molecule has 2 saturated heterocycles. The first-order valence-corrected chi connectivity index (χ1v) is 6.34. The Bertz CT molecular complexity index is 319. The smallest absolute Gasteiger partial charge is 0.308 e. The molecule has 0 aromatic carbocycles. The number of rotatable bonds is 2. The van der Waals surface area contributed by atoms with E-state index in [9.17, 15) is 9.59 Å². The van der Waals surface area contributed by atoms with E-state index < -0.39 is 5.97 Å². The van der Waals surface area contributed by atoms with Crippen LogP contribution in [0, 0.1) is 11.8 Å². The molecule has 2 unspecified atom stereocenters. The molecule has 1 amide bonds. The van der Waals surface area contributed by atoms with Crippen molar-refractivity contribution in [3.63, 3.8) is 0 Å². The first-order chi connectivity index (χ1) is 8.09. The molecule has 0 radical (unpaired) electrons. The summed E-state index contributed by atoms with van der Waals surface area (Å²) in [7, 11) is 0. The number of piperidine rings is 1. The van der Waals surface area contributed by atoms with Gasteiger partial charge < -0.3 is 15.3 Å². The molecule has 2 aliphatic heterocycles. The Kier molecular flexibility index (Phi) is 3.66. The summed E-state index contributed by atoms with van der Waals surface area (Å²) in [6.45, 7) is 4.03. The number of hydrogen-bond acceptors (Lipinski definition) is 3. The summed E-state index contributed by atoms with van der Waals surface area (Å²) in [4.78, 5) is 24.9. The second-order valence-corrected chi connectivity index (χ2v) is 5.16. The quantitative estimate of drug-likeness (QED) is 0.728. The van der Waals surface area contributed by atoms with Crippen molar-refractivity contribution in [2.24, 2.45) is 11.8 Å². The van der Waals surface area contributed by atoms with Crippen molar-refractivity contribution in [3.05, 3.63) is 0 Å². The largest absolute Gasteiger partial charge is 0.481 e. The molecule has 5 nitrogen and oxygen atoms in total. The van der Waals surface area contributed by atoms with Gasteiger partial charge in [-0.25, -0.2) is 0 Å². The summed E-state index contributed by atoms with van der Waals surface area (Å²) in [5.41, 5.74) is 0. The number of likely N-dealkylation sites (tertiary alicyclic amines) is 1. The van der Waals surface area contributed by atoms with Gasteiger partial charge in [-0.3, -0.25) is 9.59 Å². The van der Waals surface area contributed by atoms with Crippen molar-refractivity contribution in [2.75, 3.05) is 19.6 Å². The van der Waals surface area contributed by atoms with Gasteiger partial charge in [-0.05, 0) is 31.7 Å². The third-order valence-corrected chi connectivity index (χ3v) is 3.88. The monoisotopic (exact) mass is 240 g/mol. The molecule has 2 N–H and O–H groups in total. The van der Waals surface area contributed by atoms with Crippen LogP contribution in [0.5, 0.6) is 0 Å². The van der Waals surface area contributed by atoms with E-state index in [-0.39, 0.29) is 17.9 Å². The van der Waals surface area contributed by atoms with Crippen LogP contribution in [-0.2, 0) is 9.59 Å². The lowest BCUT2D eigenvalue weighted by Crippen LogP contribution is -2.50. The number of nitrogens with zero attached hydrogens (tertiary/aromatic N) is 1. The molecule has 0 spiro atoms. The SMILES string of the molecule is CC1CCNC1C(=O)N1CCC[C@H](C(=O)O)C1. The number of hydrogen-bond donors (Lipinski definition) is 2. The number of nitrogens with one attached hydrogen (secondary N) is 1. The Labute approximate surface area is 101 Å². The Morgan fingerprint density at radius 3 is 2.71 bits per heavy atom. The van der Waals surface area contributed by atoms with Crippen LogP contribution in [-0.4, -0.2) is 47.6 Å². The molecule has 0 aromatic rings. The Morgan fingerprint density at radius 1 is 1.35 bits per heavy atom. The minimum atomic E-state index is -0.782. The zero-order valence-electron chi connectivity index (χ0n) is 10.2. The van der Waals surface area contributed by atoms with Crippen molar-refractivity contribution in [1.29, 1.82) is 0 Å². The van der Waals surface area contributed by atoms with E-state index in [0.29, 0.717) is 25.4 Å². The lowest BCUT2D eigenvalue weighted by Gasteiger charge is -2.33. The zero-order chi connectivity index (χ0) is 12.4. The summed E-state index contributed by atoms with van der Waals surface area (Å²) in [6, 6.07) is -0.109. The topological polar surface area (TPSA) is 69.6 Å². The molecular weight excluding hydrogens is 220 g/mol. The molecule has 0 bridgehead atoms. The molecule has 0 aromatic heterocycles. The second kappa shape index (κ2) is 5.04. The lowest BCUT2D eigenvalue weighted by molar-refractivity contribution is -0.146. The van der Waals surface area contributed by atoms with Gasteiger partial charge in [0.2, 0.25) is 5.91 Å². The maximum absolute atomic E-state index is 12.2. The Morgan fingerprint density at radius 2 is 2.12 bits per heavy atom. The van der Waals surface area contributed by atoms with Crippen LogP contribution in [0.4, 0.5) is 0 Å². The third-order valence-electron chi connectivity index (χ3n) is 3.88. The van der Waals surface area contributed by atoms with E-state index in [1.165, 1.54) is 0 Å². The molecule has 2 heterocycles. The van der Waals surface area contributed by atoms with E-state index in [2.05, 4.69) is 12.2 Å². The minimum Gasteiger partial charge on any atom is -0.481 e. The van der Waals surface area contributed by atoms with E-state index >= 15 is 0 Å². The van der Waals surface area contributed by atoms with E-state index in [1.54, 1.807) is 4.90 Å². The highest BCUT2D eigenvalue weighted by atomic mass is 16.4. The summed E-state index contributed by atoms with van der Waals surface area (Å²) in [6.07, 6.45) is 2.50. The van der Waals surface area contributed by atoms with Gasteiger partial charge in [-0.2, -0.15) is 0 Å². The fourth-order valence-electron chi connectivity index (χ4n) is 2.74. The van der Waals surface area contributed by atoms with Crippen molar-refractivity contribution in [1.82, 2.24) is 10.2 Å². The van der Waals surface area contributed by atoms with E-state index in [1.807, 2.05) is 0 Å². The van der Waals surface area contributed by atoms with Gasteiger partial charge in [0.25, 0.3) is 0 Å².